The van der Waals surface area contributed by atoms with Crippen LogP contribution in [0.25, 0.3) is 0 Å². The molecule has 1 unspecified atom stereocenters. The Balaban J connectivity index is 1.75. The van der Waals surface area contributed by atoms with Crippen molar-refractivity contribution in [2.24, 2.45) is 5.73 Å². The fourth-order valence-corrected chi connectivity index (χ4v) is 3.83. The quantitative estimate of drug-likeness (QED) is 0.250. The lowest BCUT2D eigenvalue weighted by atomic mass is 9.92. The standard InChI is InChI=1S/C20H24F3IN4O2/c21-14-4-3-13(18(17(14)23)27-16-5-2-12(24)8-15(16)22)19(29)28-10-20(30,11-28)9-26-7-1-6-25/h2-5,8,19,26-27,29-30H,1,6-7,9-11,25H2. The van der Waals surface area contributed by atoms with Gasteiger partial charge in [-0.25, -0.2) is 13.2 Å². The second-order valence-electron chi connectivity index (χ2n) is 7.40. The SMILES string of the molecule is NCCCNCC1(O)CN(C(O)c2ccc(F)c(F)c2Nc2ccc(I)cc2F)C1. The number of hydrogen-bond donors (Lipinski definition) is 5. The van der Waals surface area contributed by atoms with E-state index in [9.17, 15) is 23.4 Å². The summed E-state index contributed by atoms with van der Waals surface area (Å²) in [7, 11) is 0. The summed E-state index contributed by atoms with van der Waals surface area (Å²) in [5, 5.41) is 26.9. The summed E-state index contributed by atoms with van der Waals surface area (Å²) in [5.41, 5.74) is 4.05. The Morgan fingerprint density at radius 2 is 1.90 bits per heavy atom. The zero-order valence-corrected chi connectivity index (χ0v) is 18.3. The van der Waals surface area contributed by atoms with Crippen molar-refractivity contribution in [2.75, 3.05) is 38.0 Å². The average molecular weight is 536 g/mol. The first-order chi connectivity index (χ1) is 14.2. The summed E-state index contributed by atoms with van der Waals surface area (Å²) < 4.78 is 43.2. The van der Waals surface area contributed by atoms with Crippen LogP contribution in [-0.2, 0) is 0 Å². The molecule has 1 atom stereocenters. The smallest absolute Gasteiger partial charge is 0.182 e. The lowest BCUT2D eigenvalue weighted by Gasteiger charge is -2.49. The number of nitrogens with one attached hydrogen (secondary N) is 2. The van der Waals surface area contributed by atoms with E-state index >= 15 is 0 Å². The molecule has 2 aromatic rings. The summed E-state index contributed by atoms with van der Waals surface area (Å²) in [6, 6.07) is 6.43. The maximum atomic E-state index is 14.5. The van der Waals surface area contributed by atoms with Crippen molar-refractivity contribution in [3.8, 4) is 0 Å². The molecule has 0 saturated carbocycles. The summed E-state index contributed by atoms with van der Waals surface area (Å²) in [6.45, 7) is 1.82. The summed E-state index contributed by atoms with van der Waals surface area (Å²) in [5.74, 6) is -2.97. The molecule has 0 aromatic heterocycles. The van der Waals surface area contributed by atoms with Crippen molar-refractivity contribution in [3.05, 3.63) is 56.9 Å². The Kier molecular flexibility index (Phi) is 7.58. The molecule has 0 spiro atoms. The van der Waals surface area contributed by atoms with Gasteiger partial charge in [0.25, 0.3) is 0 Å². The first-order valence-electron chi connectivity index (χ1n) is 9.49. The number of likely N-dealkylation sites (tertiary alicyclic amines) is 1. The van der Waals surface area contributed by atoms with Crippen molar-refractivity contribution in [3.63, 3.8) is 0 Å². The van der Waals surface area contributed by atoms with Gasteiger partial charge in [-0.2, -0.15) is 0 Å². The van der Waals surface area contributed by atoms with E-state index in [1.165, 1.54) is 23.1 Å². The van der Waals surface area contributed by atoms with Gasteiger partial charge in [0.1, 0.15) is 17.6 Å². The van der Waals surface area contributed by atoms with E-state index < -0.39 is 29.3 Å². The lowest BCUT2D eigenvalue weighted by molar-refractivity contribution is -0.160. The van der Waals surface area contributed by atoms with E-state index in [-0.39, 0.29) is 30.0 Å². The normalized spacial score (nSPS) is 16.9. The molecule has 6 nitrogen and oxygen atoms in total. The van der Waals surface area contributed by atoms with E-state index in [1.54, 1.807) is 6.07 Å². The molecular formula is C20H24F3IN4O2. The van der Waals surface area contributed by atoms with Crippen LogP contribution in [0.3, 0.4) is 0 Å². The van der Waals surface area contributed by atoms with Gasteiger partial charge in [-0.1, -0.05) is 0 Å². The zero-order valence-electron chi connectivity index (χ0n) is 16.1. The Bertz CT molecular complexity index is 897. The third-order valence-corrected chi connectivity index (χ3v) is 5.62. The number of nitrogens with zero attached hydrogens (tertiary/aromatic N) is 1. The molecule has 1 heterocycles. The molecule has 0 bridgehead atoms. The molecule has 0 radical (unpaired) electrons. The van der Waals surface area contributed by atoms with E-state index in [0.717, 1.165) is 12.5 Å². The fourth-order valence-electron chi connectivity index (χ4n) is 3.37. The molecule has 30 heavy (non-hydrogen) atoms. The molecule has 2 aromatic carbocycles. The largest absolute Gasteiger partial charge is 0.386 e. The highest BCUT2D eigenvalue weighted by Gasteiger charge is 2.44. The van der Waals surface area contributed by atoms with Crippen LogP contribution in [0.2, 0.25) is 0 Å². The van der Waals surface area contributed by atoms with Crippen LogP contribution in [0.15, 0.2) is 30.3 Å². The number of hydrogen-bond acceptors (Lipinski definition) is 6. The lowest BCUT2D eigenvalue weighted by Crippen LogP contribution is -2.66. The molecule has 164 valence electrons. The van der Waals surface area contributed by atoms with Crippen molar-refractivity contribution >= 4 is 34.0 Å². The highest BCUT2D eigenvalue weighted by Crippen LogP contribution is 2.36. The first kappa shape index (κ1) is 23.2. The topological polar surface area (TPSA) is 93.8 Å². The van der Waals surface area contributed by atoms with Gasteiger partial charge >= 0.3 is 0 Å². The van der Waals surface area contributed by atoms with Crippen LogP contribution in [0.4, 0.5) is 24.5 Å². The Morgan fingerprint density at radius 1 is 1.17 bits per heavy atom. The van der Waals surface area contributed by atoms with Crippen LogP contribution in [0.1, 0.15) is 18.2 Å². The highest BCUT2D eigenvalue weighted by atomic mass is 127. The number of aliphatic hydroxyl groups is 2. The molecule has 1 saturated heterocycles. The number of halogens is 4. The van der Waals surface area contributed by atoms with Gasteiger partial charge in [0.2, 0.25) is 0 Å². The summed E-state index contributed by atoms with van der Waals surface area (Å²) >= 11 is 1.94. The highest BCUT2D eigenvalue weighted by molar-refractivity contribution is 14.1. The van der Waals surface area contributed by atoms with E-state index in [2.05, 4.69) is 10.6 Å². The second kappa shape index (κ2) is 9.79. The van der Waals surface area contributed by atoms with E-state index in [0.29, 0.717) is 23.2 Å². The van der Waals surface area contributed by atoms with Crippen molar-refractivity contribution in [2.45, 2.75) is 18.2 Å². The molecule has 3 rings (SSSR count). The average Bonchev–Trinajstić information content (AvgIpc) is 2.68. The number of aliphatic hydroxyl groups excluding tert-OH is 1. The number of rotatable bonds is 9. The molecular weight excluding hydrogens is 512 g/mol. The second-order valence-corrected chi connectivity index (χ2v) is 8.64. The number of anilines is 2. The fraction of sp³-hybridized carbons (Fsp3) is 0.400. The number of β-amino-alcohol motifs (C(OH)–C–C–N with tert-alkyl or cyclic N) is 1. The molecule has 6 N–H and O–H groups in total. The monoisotopic (exact) mass is 536 g/mol. The van der Waals surface area contributed by atoms with E-state index in [4.69, 9.17) is 5.73 Å². The minimum atomic E-state index is -1.31. The maximum absolute atomic E-state index is 14.5. The third kappa shape index (κ3) is 5.24. The van der Waals surface area contributed by atoms with Crippen LogP contribution >= 0.6 is 22.6 Å². The predicted molar refractivity (Wildman–Crippen MR) is 117 cm³/mol. The molecule has 0 amide bonds. The van der Waals surface area contributed by atoms with Gasteiger partial charge in [0, 0.05) is 28.8 Å². The predicted octanol–water partition coefficient (Wildman–Crippen LogP) is 2.43. The zero-order chi connectivity index (χ0) is 21.9. The van der Waals surface area contributed by atoms with Gasteiger partial charge < -0.3 is 26.6 Å². The Labute approximate surface area is 186 Å². The molecule has 1 aliphatic heterocycles. The van der Waals surface area contributed by atoms with Gasteiger partial charge in [0.05, 0.1) is 11.4 Å². The molecule has 0 aliphatic carbocycles. The third-order valence-electron chi connectivity index (χ3n) is 4.95. The molecule has 1 fully saturated rings. The van der Waals surface area contributed by atoms with Crippen molar-refractivity contribution < 1.29 is 23.4 Å². The van der Waals surface area contributed by atoms with Crippen molar-refractivity contribution in [1.29, 1.82) is 0 Å². The number of nitrogens with two attached hydrogens (primary N) is 1. The van der Waals surface area contributed by atoms with Crippen LogP contribution in [-0.4, -0.2) is 53.4 Å². The van der Waals surface area contributed by atoms with Crippen LogP contribution in [0.5, 0.6) is 0 Å². The summed E-state index contributed by atoms with van der Waals surface area (Å²) in [4.78, 5) is 1.52. The van der Waals surface area contributed by atoms with Crippen LogP contribution < -0.4 is 16.4 Å². The Hall–Kier alpha value is -1.44. The van der Waals surface area contributed by atoms with Crippen LogP contribution in [0, 0.1) is 21.0 Å². The minimum absolute atomic E-state index is 0.0439. The van der Waals surface area contributed by atoms with Gasteiger partial charge in [0.15, 0.2) is 11.6 Å². The Morgan fingerprint density at radius 3 is 2.57 bits per heavy atom. The summed E-state index contributed by atoms with van der Waals surface area (Å²) in [6.07, 6.45) is -0.527. The van der Waals surface area contributed by atoms with Gasteiger partial charge in [-0.3, -0.25) is 4.90 Å². The van der Waals surface area contributed by atoms with Crippen molar-refractivity contribution in [1.82, 2.24) is 10.2 Å². The molecule has 1 aliphatic rings. The number of benzene rings is 2. The van der Waals surface area contributed by atoms with Gasteiger partial charge in [-0.15, -0.1) is 0 Å². The van der Waals surface area contributed by atoms with Gasteiger partial charge in [-0.05, 0) is 72.4 Å². The van der Waals surface area contributed by atoms with E-state index in [1.807, 2.05) is 22.6 Å². The molecule has 10 heteroatoms. The maximum Gasteiger partial charge on any atom is 0.182 e. The first-order valence-corrected chi connectivity index (χ1v) is 10.6. The minimum Gasteiger partial charge on any atom is -0.386 e.